The number of ether oxygens (including phenoxy) is 1. The average molecular weight is 291 g/mol. The number of amides is 2. The van der Waals surface area contributed by atoms with Crippen LogP contribution < -0.4 is 15.4 Å². The summed E-state index contributed by atoms with van der Waals surface area (Å²) in [6.45, 7) is 4.86. The van der Waals surface area contributed by atoms with Crippen molar-refractivity contribution < 1.29 is 9.53 Å². The maximum absolute atomic E-state index is 12.6. The Bertz CT molecular complexity index is 459. The number of nitrogens with one attached hydrogen (secondary N) is 2. The predicted molar refractivity (Wildman–Crippen MR) is 84.9 cm³/mol. The van der Waals surface area contributed by atoms with Gasteiger partial charge in [0.1, 0.15) is 5.75 Å². The van der Waals surface area contributed by atoms with Gasteiger partial charge in [-0.05, 0) is 44.5 Å². The van der Waals surface area contributed by atoms with E-state index < -0.39 is 0 Å². The molecule has 1 fully saturated rings. The summed E-state index contributed by atoms with van der Waals surface area (Å²) in [6.07, 6.45) is 3.01. The summed E-state index contributed by atoms with van der Waals surface area (Å²) in [5, 5.41) is 6.33. The van der Waals surface area contributed by atoms with Gasteiger partial charge < -0.3 is 20.3 Å². The Morgan fingerprint density at radius 3 is 2.86 bits per heavy atom. The first-order valence-corrected chi connectivity index (χ1v) is 7.67. The molecule has 1 aliphatic rings. The average Bonchev–Trinajstić information content (AvgIpc) is 2.53. The molecular formula is C16H25N3O2. The fraction of sp³-hybridized carbons (Fsp3) is 0.562. The van der Waals surface area contributed by atoms with Gasteiger partial charge in [0.25, 0.3) is 0 Å². The third kappa shape index (κ3) is 4.36. The van der Waals surface area contributed by atoms with Crippen LogP contribution in [-0.4, -0.2) is 43.7 Å². The number of hydrogen-bond donors (Lipinski definition) is 2. The van der Waals surface area contributed by atoms with Gasteiger partial charge in [0.05, 0.1) is 7.11 Å². The Morgan fingerprint density at radius 1 is 1.43 bits per heavy atom. The molecule has 2 amide bonds. The maximum atomic E-state index is 12.6. The highest BCUT2D eigenvalue weighted by Crippen LogP contribution is 2.19. The zero-order valence-corrected chi connectivity index (χ0v) is 12.9. The molecule has 2 rings (SSSR count). The lowest BCUT2D eigenvalue weighted by atomic mass is 10.0. The summed E-state index contributed by atoms with van der Waals surface area (Å²) in [6, 6.07) is 7.78. The van der Waals surface area contributed by atoms with Gasteiger partial charge in [0, 0.05) is 24.3 Å². The number of nitrogens with zero attached hydrogens (tertiary/aromatic N) is 1. The molecule has 0 radical (unpaired) electrons. The highest BCUT2D eigenvalue weighted by atomic mass is 16.5. The lowest BCUT2D eigenvalue weighted by molar-refractivity contribution is 0.171. The molecule has 0 spiro atoms. The molecule has 116 valence electrons. The quantitative estimate of drug-likeness (QED) is 0.877. The van der Waals surface area contributed by atoms with Crippen LogP contribution in [0.4, 0.5) is 10.5 Å². The van der Waals surface area contributed by atoms with Gasteiger partial charge in [-0.1, -0.05) is 13.0 Å². The normalized spacial score (nSPS) is 15.5. The third-order valence-corrected chi connectivity index (χ3v) is 3.80. The second-order valence-electron chi connectivity index (χ2n) is 5.34. The fourth-order valence-electron chi connectivity index (χ4n) is 2.71. The number of piperidine rings is 1. The molecule has 21 heavy (non-hydrogen) atoms. The summed E-state index contributed by atoms with van der Waals surface area (Å²) in [5.74, 6) is 0.747. The predicted octanol–water partition coefficient (Wildman–Crippen LogP) is 2.69. The molecule has 1 aromatic rings. The van der Waals surface area contributed by atoms with Crippen molar-refractivity contribution in [1.82, 2.24) is 10.2 Å². The standard InChI is InChI=1S/C16H25N3O2/c1-3-11-19(14-7-9-17-10-8-14)16(20)18-13-5-4-6-15(12-13)21-2/h4-6,12,14,17H,3,7-11H2,1-2H3,(H,18,20). The van der Waals surface area contributed by atoms with E-state index in [1.54, 1.807) is 7.11 Å². The summed E-state index contributed by atoms with van der Waals surface area (Å²) in [7, 11) is 1.62. The molecule has 0 saturated carbocycles. The summed E-state index contributed by atoms with van der Waals surface area (Å²) < 4.78 is 5.19. The number of methoxy groups -OCH3 is 1. The number of carbonyl (C=O) groups excluding carboxylic acids is 1. The van der Waals surface area contributed by atoms with E-state index in [9.17, 15) is 4.79 Å². The van der Waals surface area contributed by atoms with Crippen LogP contribution in [-0.2, 0) is 0 Å². The van der Waals surface area contributed by atoms with Gasteiger partial charge in [0.15, 0.2) is 0 Å². The number of rotatable bonds is 5. The zero-order valence-electron chi connectivity index (χ0n) is 12.9. The van der Waals surface area contributed by atoms with E-state index in [1.165, 1.54) is 0 Å². The van der Waals surface area contributed by atoms with E-state index in [0.717, 1.165) is 50.3 Å². The minimum absolute atomic E-state index is 0.0167. The Labute approximate surface area is 126 Å². The Kier molecular flexibility index (Phi) is 5.87. The van der Waals surface area contributed by atoms with Crippen LogP contribution in [0.2, 0.25) is 0 Å². The van der Waals surface area contributed by atoms with Crippen LogP contribution in [0.25, 0.3) is 0 Å². The van der Waals surface area contributed by atoms with Crippen molar-refractivity contribution in [2.45, 2.75) is 32.2 Å². The second-order valence-corrected chi connectivity index (χ2v) is 5.34. The minimum Gasteiger partial charge on any atom is -0.497 e. The molecule has 5 nitrogen and oxygen atoms in total. The number of urea groups is 1. The van der Waals surface area contributed by atoms with Crippen molar-refractivity contribution in [2.24, 2.45) is 0 Å². The molecule has 1 aliphatic heterocycles. The second kappa shape index (κ2) is 7.88. The van der Waals surface area contributed by atoms with Gasteiger partial charge in [-0.25, -0.2) is 4.79 Å². The number of benzene rings is 1. The zero-order chi connectivity index (χ0) is 15.1. The third-order valence-electron chi connectivity index (χ3n) is 3.80. The van der Waals surface area contributed by atoms with Gasteiger partial charge in [-0.3, -0.25) is 0 Å². The van der Waals surface area contributed by atoms with E-state index in [1.807, 2.05) is 29.2 Å². The number of carbonyl (C=O) groups is 1. The lowest BCUT2D eigenvalue weighted by Gasteiger charge is -2.34. The van der Waals surface area contributed by atoms with Crippen molar-refractivity contribution in [3.63, 3.8) is 0 Å². The van der Waals surface area contributed by atoms with Gasteiger partial charge in [-0.15, -0.1) is 0 Å². The minimum atomic E-state index is -0.0167. The van der Waals surface area contributed by atoms with Crippen LogP contribution in [0.1, 0.15) is 26.2 Å². The molecule has 1 heterocycles. The van der Waals surface area contributed by atoms with E-state index in [-0.39, 0.29) is 6.03 Å². The van der Waals surface area contributed by atoms with E-state index in [4.69, 9.17) is 4.74 Å². The first-order valence-electron chi connectivity index (χ1n) is 7.67. The molecule has 5 heteroatoms. The maximum Gasteiger partial charge on any atom is 0.322 e. The first-order chi connectivity index (χ1) is 10.2. The van der Waals surface area contributed by atoms with Crippen molar-refractivity contribution in [3.8, 4) is 5.75 Å². The van der Waals surface area contributed by atoms with Gasteiger partial charge in [-0.2, -0.15) is 0 Å². The molecule has 0 bridgehead atoms. The number of hydrogen-bond acceptors (Lipinski definition) is 3. The van der Waals surface area contributed by atoms with Crippen LogP contribution in [0.3, 0.4) is 0 Å². The largest absolute Gasteiger partial charge is 0.497 e. The Morgan fingerprint density at radius 2 is 2.19 bits per heavy atom. The van der Waals surface area contributed by atoms with Crippen molar-refractivity contribution in [1.29, 1.82) is 0 Å². The molecule has 0 unspecified atom stereocenters. The van der Waals surface area contributed by atoms with E-state index in [0.29, 0.717) is 6.04 Å². The number of anilines is 1. The molecule has 1 saturated heterocycles. The van der Waals surface area contributed by atoms with Crippen LogP contribution in [0.15, 0.2) is 24.3 Å². The van der Waals surface area contributed by atoms with E-state index >= 15 is 0 Å². The Hall–Kier alpha value is -1.75. The molecule has 1 aromatic carbocycles. The van der Waals surface area contributed by atoms with E-state index in [2.05, 4.69) is 17.6 Å². The monoisotopic (exact) mass is 291 g/mol. The molecular weight excluding hydrogens is 266 g/mol. The fourth-order valence-corrected chi connectivity index (χ4v) is 2.71. The highest BCUT2D eigenvalue weighted by Gasteiger charge is 2.24. The van der Waals surface area contributed by atoms with Gasteiger partial charge in [0.2, 0.25) is 0 Å². The summed E-state index contributed by atoms with van der Waals surface area (Å²) in [5.41, 5.74) is 0.773. The van der Waals surface area contributed by atoms with Gasteiger partial charge >= 0.3 is 6.03 Å². The molecule has 2 N–H and O–H groups in total. The van der Waals surface area contributed by atoms with Crippen LogP contribution in [0, 0.1) is 0 Å². The van der Waals surface area contributed by atoms with Crippen molar-refractivity contribution in [2.75, 3.05) is 32.1 Å². The van der Waals surface area contributed by atoms with Crippen molar-refractivity contribution >= 4 is 11.7 Å². The van der Waals surface area contributed by atoms with Crippen LogP contribution >= 0.6 is 0 Å². The lowest BCUT2D eigenvalue weighted by Crippen LogP contribution is -2.48. The smallest absolute Gasteiger partial charge is 0.322 e. The van der Waals surface area contributed by atoms with Crippen LogP contribution in [0.5, 0.6) is 5.75 Å². The summed E-state index contributed by atoms with van der Waals surface area (Å²) >= 11 is 0. The highest BCUT2D eigenvalue weighted by molar-refractivity contribution is 5.89. The summed E-state index contributed by atoms with van der Waals surface area (Å²) in [4.78, 5) is 14.5. The topological polar surface area (TPSA) is 53.6 Å². The first kappa shape index (κ1) is 15.6. The Balaban J connectivity index is 2.03. The SMILES string of the molecule is CCCN(C(=O)Nc1cccc(OC)c1)C1CCNCC1. The molecule has 0 atom stereocenters. The van der Waals surface area contributed by atoms with Crippen molar-refractivity contribution in [3.05, 3.63) is 24.3 Å². The molecule has 0 aliphatic carbocycles. The molecule has 0 aromatic heterocycles.